The molecule has 1 aromatic heterocycles. The fourth-order valence-electron chi connectivity index (χ4n) is 1.95. The van der Waals surface area contributed by atoms with Gasteiger partial charge in [0.2, 0.25) is 0 Å². The summed E-state index contributed by atoms with van der Waals surface area (Å²) >= 11 is 0. The number of imidazole rings is 1. The van der Waals surface area contributed by atoms with Crippen LogP contribution in [0.25, 0.3) is 0 Å². The van der Waals surface area contributed by atoms with E-state index >= 15 is 0 Å². The van der Waals surface area contributed by atoms with Crippen LogP contribution in [0.4, 0.5) is 13.2 Å². The lowest BCUT2D eigenvalue weighted by molar-refractivity contribution is -0.137. The van der Waals surface area contributed by atoms with Gasteiger partial charge in [-0.3, -0.25) is 0 Å². The molecule has 102 valence electrons. The number of nitrogens with two attached hydrogens (primary N) is 1. The number of hydrogen-bond donors (Lipinski definition) is 1. The molecule has 0 fully saturated rings. The molecule has 0 saturated heterocycles. The summed E-state index contributed by atoms with van der Waals surface area (Å²) < 4.78 is 39.5. The van der Waals surface area contributed by atoms with E-state index in [-0.39, 0.29) is 0 Å². The van der Waals surface area contributed by atoms with Gasteiger partial charge in [-0.25, -0.2) is 4.98 Å². The van der Waals surface area contributed by atoms with Crippen LogP contribution in [0, 0.1) is 0 Å². The minimum atomic E-state index is -4.33. The van der Waals surface area contributed by atoms with Crippen LogP contribution in [-0.2, 0) is 19.6 Å². The zero-order chi connectivity index (χ0) is 14.0. The van der Waals surface area contributed by atoms with Crippen molar-refractivity contribution in [2.24, 2.45) is 12.8 Å². The molecule has 1 atom stereocenters. The van der Waals surface area contributed by atoms with Crippen molar-refractivity contribution >= 4 is 0 Å². The number of nitrogens with zero attached hydrogens (tertiary/aromatic N) is 2. The molecule has 1 aromatic carbocycles. The molecule has 2 aromatic rings. The Balaban J connectivity index is 2.18. The predicted molar refractivity (Wildman–Crippen MR) is 65.3 cm³/mol. The molecule has 0 spiro atoms. The number of rotatable bonds is 3. The Kier molecular flexibility index (Phi) is 3.61. The van der Waals surface area contributed by atoms with E-state index in [2.05, 4.69) is 4.98 Å². The van der Waals surface area contributed by atoms with E-state index < -0.39 is 17.8 Å². The summed E-state index contributed by atoms with van der Waals surface area (Å²) in [6, 6.07) is 4.78. The molecule has 2 rings (SSSR count). The largest absolute Gasteiger partial charge is 0.416 e. The molecule has 0 saturated carbocycles. The maximum absolute atomic E-state index is 12.6. The van der Waals surface area contributed by atoms with Crippen molar-refractivity contribution in [1.29, 1.82) is 0 Å². The highest BCUT2D eigenvalue weighted by atomic mass is 19.4. The molecule has 1 heterocycles. The molecule has 19 heavy (non-hydrogen) atoms. The number of benzene rings is 1. The van der Waals surface area contributed by atoms with Gasteiger partial charge in [0, 0.05) is 19.4 Å². The van der Waals surface area contributed by atoms with Crippen molar-refractivity contribution in [1.82, 2.24) is 9.55 Å². The Hall–Kier alpha value is -1.82. The van der Waals surface area contributed by atoms with Gasteiger partial charge >= 0.3 is 6.18 Å². The highest BCUT2D eigenvalue weighted by molar-refractivity contribution is 5.26. The molecular formula is C13H14F3N3. The summed E-state index contributed by atoms with van der Waals surface area (Å²) in [5.41, 5.74) is 5.86. The van der Waals surface area contributed by atoms with E-state index in [0.717, 1.165) is 12.1 Å². The van der Waals surface area contributed by atoms with Crippen LogP contribution in [0.2, 0.25) is 0 Å². The third kappa shape index (κ3) is 3.14. The molecule has 0 bridgehead atoms. The number of aromatic nitrogens is 2. The molecule has 0 aliphatic rings. The lowest BCUT2D eigenvalue weighted by Gasteiger charge is -2.13. The van der Waals surface area contributed by atoms with Crippen molar-refractivity contribution in [3.8, 4) is 0 Å². The van der Waals surface area contributed by atoms with Crippen LogP contribution in [0.3, 0.4) is 0 Å². The van der Waals surface area contributed by atoms with Crippen molar-refractivity contribution in [2.45, 2.75) is 18.6 Å². The fourth-order valence-corrected chi connectivity index (χ4v) is 1.95. The van der Waals surface area contributed by atoms with E-state index in [1.165, 1.54) is 6.07 Å². The quantitative estimate of drug-likeness (QED) is 0.931. The van der Waals surface area contributed by atoms with Gasteiger partial charge in [-0.2, -0.15) is 13.2 Å². The van der Waals surface area contributed by atoms with Gasteiger partial charge in [-0.05, 0) is 18.1 Å². The lowest BCUT2D eigenvalue weighted by atomic mass is 10.0. The molecule has 3 nitrogen and oxygen atoms in total. The average molecular weight is 269 g/mol. The summed E-state index contributed by atoms with van der Waals surface area (Å²) in [5.74, 6) is 0.650. The first kappa shape index (κ1) is 13.6. The van der Waals surface area contributed by atoms with E-state index in [9.17, 15) is 13.2 Å². The van der Waals surface area contributed by atoms with Crippen LogP contribution in [0.15, 0.2) is 36.7 Å². The monoisotopic (exact) mass is 269 g/mol. The van der Waals surface area contributed by atoms with E-state index in [0.29, 0.717) is 17.8 Å². The van der Waals surface area contributed by atoms with Crippen molar-refractivity contribution in [2.75, 3.05) is 0 Å². The van der Waals surface area contributed by atoms with Gasteiger partial charge in [0.1, 0.15) is 5.82 Å². The first-order valence-electron chi connectivity index (χ1n) is 5.77. The number of hydrogen-bond acceptors (Lipinski definition) is 2. The minimum Gasteiger partial charge on any atom is -0.337 e. The zero-order valence-corrected chi connectivity index (χ0v) is 10.4. The number of alkyl halides is 3. The minimum absolute atomic E-state index is 0.314. The van der Waals surface area contributed by atoms with E-state index in [1.54, 1.807) is 30.1 Å². The molecule has 1 unspecified atom stereocenters. The lowest BCUT2D eigenvalue weighted by Crippen LogP contribution is -2.18. The molecule has 0 aliphatic carbocycles. The van der Waals surface area contributed by atoms with E-state index in [1.807, 2.05) is 0 Å². The van der Waals surface area contributed by atoms with Gasteiger partial charge in [0.05, 0.1) is 11.6 Å². The Morgan fingerprint density at radius 3 is 2.68 bits per heavy atom. The van der Waals surface area contributed by atoms with Gasteiger partial charge in [0.25, 0.3) is 0 Å². The highest BCUT2D eigenvalue weighted by Gasteiger charge is 2.30. The smallest absolute Gasteiger partial charge is 0.337 e. The van der Waals surface area contributed by atoms with Crippen LogP contribution in [0.5, 0.6) is 0 Å². The Bertz CT molecular complexity index is 560. The molecule has 0 amide bonds. The fraction of sp³-hybridized carbons (Fsp3) is 0.308. The Morgan fingerprint density at radius 1 is 1.37 bits per heavy atom. The number of halogens is 3. The summed E-state index contributed by atoms with van der Waals surface area (Å²) in [5, 5.41) is 0. The van der Waals surface area contributed by atoms with Crippen LogP contribution in [0.1, 0.15) is 23.0 Å². The second kappa shape index (κ2) is 5.05. The van der Waals surface area contributed by atoms with Crippen molar-refractivity contribution in [3.63, 3.8) is 0 Å². The second-order valence-corrected chi connectivity index (χ2v) is 4.41. The van der Waals surface area contributed by atoms with Crippen LogP contribution in [-0.4, -0.2) is 9.55 Å². The summed E-state index contributed by atoms with van der Waals surface area (Å²) in [6.07, 6.45) is -0.652. The molecule has 0 radical (unpaired) electrons. The maximum atomic E-state index is 12.6. The molecule has 2 N–H and O–H groups in total. The normalized spacial score (nSPS) is 13.5. The average Bonchev–Trinajstić information content (AvgIpc) is 2.75. The topological polar surface area (TPSA) is 43.8 Å². The summed E-state index contributed by atoms with van der Waals surface area (Å²) in [6.45, 7) is 0. The third-order valence-electron chi connectivity index (χ3n) is 2.90. The van der Waals surface area contributed by atoms with Crippen LogP contribution < -0.4 is 5.73 Å². The van der Waals surface area contributed by atoms with E-state index in [4.69, 9.17) is 5.73 Å². The Labute approximate surface area is 108 Å². The summed E-state index contributed by atoms with van der Waals surface area (Å²) in [7, 11) is 1.80. The first-order valence-corrected chi connectivity index (χ1v) is 5.77. The molecule has 6 heteroatoms. The van der Waals surface area contributed by atoms with Crippen molar-refractivity contribution < 1.29 is 13.2 Å². The first-order chi connectivity index (χ1) is 8.88. The molecule has 0 aliphatic heterocycles. The zero-order valence-electron chi connectivity index (χ0n) is 10.4. The maximum Gasteiger partial charge on any atom is 0.416 e. The summed E-state index contributed by atoms with van der Waals surface area (Å²) in [4.78, 5) is 4.10. The van der Waals surface area contributed by atoms with Gasteiger partial charge in [-0.15, -0.1) is 0 Å². The number of aryl methyl sites for hydroxylation is 1. The molecular weight excluding hydrogens is 255 g/mol. The SMILES string of the molecule is Cn1ccnc1C(N)Cc1cccc(C(F)(F)F)c1. The van der Waals surface area contributed by atoms with Gasteiger partial charge in [-0.1, -0.05) is 18.2 Å². The van der Waals surface area contributed by atoms with Gasteiger partial charge < -0.3 is 10.3 Å². The third-order valence-corrected chi connectivity index (χ3v) is 2.90. The second-order valence-electron chi connectivity index (χ2n) is 4.41. The highest BCUT2D eigenvalue weighted by Crippen LogP contribution is 2.30. The van der Waals surface area contributed by atoms with Crippen LogP contribution >= 0.6 is 0 Å². The standard InChI is InChI=1S/C13H14F3N3/c1-19-6-5-18-12(19)11(17)8-9-3-2-4-10(7-9)13(14,15)16/h2-7,11H,8,17H2,1H3. The predicted octanol–water partition coefficient (Wildman–Crippen LogP) is 2.68. The van der Waals surface area contributed by atoms with Gasteiger partial charge in [0.15, 0.2) is 0 Å². The Morgan fingerprint density at radius 2 is 2.11 bits per heavy atom. The van der Waals surface area contributed by atoms with Crippen molar-refractivity contribution in [3.05, 3.63) is 53.6 Å².